The van der Waals surface area contributed by atoms with Gasteiger partial charge in [0.1, 0.15) is 5.58 Å². The molecule has 0 aliphatic heterocycles. The third-order valence-corrected chi connectivity index (χ3v) is 6.82. The third kappa shape index (κ3) is 3.51. The van der Waals surface area contributed by atoms with Crippen molar-refractivity contribution in [3.63, 3.8) is 0 Å². The maximum absolute atomic E-state index is 8.50. The van der Waals surface area contributed by atoms with Crippen LogP contribution in [0.3, 0.4) is 0 Å². The van der Waals surface area contributed by atoms with Gasteiger partial charge in [0.15, 0.2) is 0 Å². The number of nitrogens with zero attached hydrogens (tertiary/aromatic N) is 2. The number of fused-ring (bicyclic) bond motifs is 4. The van der Waals surface area contributed by atoms with E-state index in [0.717, 1.165) is 27.3 Å². The first-order valence-corrected chi connectivity index (χ1v) is 12.0. The number of aromatic nitrogens is 2. The Labute approximate surface area is 223 Å². The Morgan fingerprint density at radius 3 is 2.35 bits per heavy atom. The van der Waals surface area contributed by atoms with Crippen LogP contribution in [-0.4, -0.2) is 9.97 Å². The number of furan rings is 1. The van der Waals surface area contributed by atoms with Crippen LogP contribution in [0.2, 0.25) is 0 Å². The van der Waals surface area contributed by atoms with Crippen molar-refractivity contribution in [3.8, 4) is 33.5 Å². The summed E-state index contributed by atoms with van der Waals surface area (Å²) in [5.74, 6) is 0. The molecule has 0 saturated carbocycles. The van der Waals surface area contributed by atoms with Gasteiger partial charge in [0.05, 0.1) is 5.69 Å². The van der Waals surface area contributed by atoms with Crippen LogP contribution in [0.15, 0.2) is 114 Å². The van der Waals surface area contributed by atoms with Crippen LogP contribution in [0.25, 0.3) is 66.4 Å². The van der Waals surface area contributed by atoms with Gasteiger partial charge >= 0.3 is 0 Å². The van der Waals surface area contributed by atoms with Gasteiger partial charge in [0, 0.05) is 36.5 Å². The number of benzene rings is 4. The molecule has 0 aliphatic rings. The molecule has 0 spiro atoms. The molecule has 0 N–H and O–H groups in total. The van der Waals surface area contributed by atoms with Gasteiger partial charge in [-0.05, 0) is 82.6 Å². The predicted octanol–water partition coefficient (Wildman–Crippen LogP) is 9.15. The molecule has 0 saturated heterocycles. The quantitative estimate of drug-likeness (QED) is 0.252. The monoisotopic (exact) mass is 482 g/mol. The molecule has 0 fully saturated rings. The number of rotatable bonds is 3. The van der Waals surface area contributed by atoms with Crippen molar-refractivity contribution in [2.45, 2.75) is 13.7 Å². The first kappa shape index (κ1) is 16.1. The molecule has 0 radical (unpaired) electrons. The molecule has 0 aliphatic carbocycles. The average Bonchev–Trinajstić information content (AvgIpc) is 3.38. The zero-order valence-electron chi connectivity index (χ0n) is 25.7. The van der Waals surface area contributed by atoms with E-state index in [1.165, 1.54) is 6.07 Å². The second kappa shape index (κ2) is 8.42. The first-order chi connectivity index (χ1) is 20.6. The summed E-state index contributed by atoms with van der Waals surface area (Å²) in [6.07, 6.45) is 1.67. The van der Waals surface area contributed by atoms with E-state index in [4.69, 9.17) is 12.6 Å². The Balaban J connectivity index is 1.46. The lowest BCUT2D eigenvalue weighted by molar-refractivity contribution is 0.653. The van der Waals surface area contributed by atoms with Crippen molar-refractivity contribution < 1.29 is 12.6 Å². The summed E-state index contributed by atoms with van der Waals surface area (Å²) < 4.78 is 54.8. The Bertz CT molecular complexity index is 2170. The summed E-state index contributed by atoms with van der Waals surface area (Å²) in [5, 5.41) is 3.26. The number of hydrogen-bond acceptors (Lipinski definition) is 3. The van der Waals surface area contributed by atoms with E-state index in [0.29, 0.717) is 33.4 Å². The minimum atomic E-state index is -2.38. The van der Waals surface area contributed by atoms with Crippen molar-refractivity contribution in [1.29, 1.82) is 0 Å². The molecule has 4 aromatic carbocycles. The van der Waals surface area contributed by atoms with Crippen molar-refractivity contribution >= 4 is 32.8 Å². The highest BCUT2D eigenvalue weighted by molar-refractivity contribution is 6.09. The number of pyridine rings is 2. The average molecular weight is 483 g/mol. The Morgan fingerprint density at radius 2 is 1.49 bits per heavy atom. The Morgan fingerprint density at radius 1 is 0.649 bits per heavy atom. The Hall–Kier alpha value is -4.76. The molecule has 7 aromatic rings. The van der Waals surface area contributed by atoms with Crippen LogP contribution in [0.4, 0.5) is 0 Å². The molecule has 0 bridgehead atoms. The van der Waals surface area contributed by atoms with E-state index in [2.05, 4.69) is 9.97 Å². The molecule has 0 amide bonds. The normalized spacial score (nSPS) is 14.6. The van der Waals surface area contributed by atoms with E-state index < -0.39 is 13.7 Å². The fourth-order valence-corrected chi connectivity index (χ4v) is 5.16. The van der Waals surface area contributed by atoms with Crippen molar-refractivity contribution in [2.75, 3.05) is 0 Å². The molecule has 0 unspecified atom stereocenters. The summed E-state index contributed by atoms with van der Waals surface area (Å²) in [6, 6.07) is 32.0. The molecule has 3 heteroatoms. The van der Waals surface area contributed by atoms with Crippen LogP contribution in [-0.2, 0) is 0 Å². The van der Waals surface area contributed by atoms with E-state index >= 15 is 0 Å². The maximum atomic E-state index is 8.50. The highest BCUT2D eigenvalue weighted by Crippen LogP contribution is 2.40. The third-order valence-electron chi connectivity index (χ3n) is 6.82. The zero-order chi connectivity index (χ0) is 29.9. The minimum absolute atomic E-state index is 0.0382. The molecule has 0 atom stereocenters. The topological polar surface area (TPSA) is 38.9 Å². The molecular formula is C34H24N2O. The molecule has 176 valence electrons. The lowest BCUT2D eigenvalue weighted by atomic mass is 9.88. The summed E-state index contributed by atoms with van der Waals surface area (Å²) >= 11 is 0. The van der Waals surface area contributed by atoms with Crippen molar-refractivity contribution in [3.05, 3.63) is 121 Å². The fourth-order valence-electron chi connectivity index (χ4n) is 5.16. The van der Waals surface area contributed by atoms with Gasteiger partial charge in [-0.3, -0.25) is 4.98 Å². The maximum Gasteiger partial charge on any atom is 0.227 e. The molecular weight excluding hydrogens is 452 g/mol. The van der Waals surface area contributed by atoms with Crippen LogP contribution < -0.4 is 0 Å². The summed E-state index contributed by atoms with van der Waals surface area (Å²) in [6.45, 7) is -4.73. The van der Waals surface area contributed by atoms with Gasteiger partial charge in [-0.1, -0.05) is 72.8 Å². The lowest BCUT2D eigenvalue weighted by Gasteiger charge is -2.16. The summed E-state index contributed by atoms with van der Waals surface area (Å²) in [4.78, 5) is 8.92. The molecule has 7 rings (SSSR count). The van der Waals surface area contributed by atoms with Crippen molar-refractivity contribution in [2.24, 2.45) is 0 Å². The van der Waals surface area contributed by atoms with Gasteiger partial charge in [0.2, 0.25) is 5.71 Å². The number of aryl methyl sites for hydroxylation is 2. The van der Waals surface area contributed by atoms with Gasteiger partial charge < -0.3 is 4.42 Å². The summed E-state index contributed by atoms with van der Waals surface area (Å²) in [5.41, 5.74) is 5.39. The number of para-hydroxylation sites is 1. The van der Waals surface area contributed by atoms with Crippen LogP contribution in [0.1, 0.15) is 19.5 Å². The highest BCUT2D eigenvalue weighted by Gasteiger charge is 2.17. The highest BCUT2D eigenvalue weighted by atomic mass is 16.3. The first-order valence-electron chi connectivity index (χ1n) is 15.0. The SMILES string of the molecule is [2H]C([2H])([2H])c1ccc2c(n1)oc1c(-c3cc(-c4c(C([2H])([2H])[2H])cc(-c5ccccc5)c5ccccc45)ccn3)cccc12. The largest absolute Gasteiger partial charge is 0.437 e. The predicted molar refractivity (Wildman–Crippen MR) is 153 cm³/mol. The molecule has 3 aromatic heterocycles. The second-order valence-corrected chi connectivity index (χ2v) is 9.02. The fraction of sp³-hybridized carbons (Fsp3) is 0.0588. The molecule has 3 heterocycles. The van der Waals surface area contributed by atoms with Crippen molar-refractivity contribution in [1.82, 2.24) is 9.97 Å². The molecule has 37 heavy (non-hydrogen) atoms. The smallest absolute Gasteiger partial charge is 0.227 e. The summed E-state index contributed by atoms with van der Waals surface area (Å²) in [7, 11) is 0. The van der Waals surface area contributed by atoms with Gasteiger partial charge in [-0.15, -0.1) is 0 Å². The van der Waals surface area contributed by atoms with Crippen LogP contribution in [0, 0.1) is 13.7 Å². The Kier molecular flexibility index (Phi) is 3.66. The van der Waals surface area contributed by atoms with Gasteiger partial charge in [-0.25, -0.2) is 4.98 Å². The molecule has 3 nitrogen and oxygen atoms in total. The standard InChI is InChI=1S/C34H24N2O/c1-21-19-30(23-9-4-3-5-10-23)25-11-6-7-12-26(25)32(21)24-17-18-35-31(20-24)29-14-8-13-27-28-16-15-22(2)36-34(28)37-33(27)29/h3-20H,1-2H3/i1D3,2D3. The number of hydrogen-bond donors (Lipinski definition) is 0. The minimum Gasteiger partial charge on any atom is -0.437 e. The van der Waals surface area contributed by atoms with E-state index in [-0.39, 0.29) is 17.0 Å². The van der Waals surface area contributed by atoms with Gasteiger partial charge in [-0.2, -0.15) is 0 Å². The van der Waals surface area contributed by atoms with E-state index in [1.54, 1.807) is 18.3 Å². The van der Waals surface area contributed by atoms with E-state index in [9.17, 15) is 0 Å². The van der Waals surface area contributed by atoms with Crippen LogP contribution in [0.5, 0.6) is 0 Å². The second-order valence-electron chi connectivity index (χ2n) is 9.02. The van der Waals surface area contributed by atoms with Crippen LogP contribution >= 0.6 is 0 Å². The zero-order valence-corrected chi connectivity index (χ0v) is 19.7. The van der Waals surface area contributed by atoms with E-state index in [1.807, 2.05) is 84.9 Å². The lowest BCUT2D eigenvalue weighted by Crippen LogP contribution is -1.92. The van der Waals surface area contributed by atoms with Gasteiger partial charge in [0.25, 0.3) is 0 Å².